The van der Waals surface area contributed by atoms with Crippen LogP contribution in [0.2, 0.25) is 0 Å². The van der Waals surface area contributed by atoms with Crippen LogP contribution in [-0.4, -0.2) is 21.2 Å². The molecule has 0 aliphatic heterocycles. The lowest BCUT2D eigenvalue weighted by Gasteiger charge is -2.03. The minimum absolute atomic E-state index is 0.257. The maximum Gasteiger partial charge on any atom is 0.224 e. The van der Waals surface area contributed by atoms with Gasteiger partial charge in [-0.3, -0.25) is 0 Å². The van der Waals surface area contributed by atoms with Crippen molar-refractivity contribution in [1.29, 1.82) is 0 Å². The quantitative estimate of drug-likeness (QED) is 0.670. The molecule has 4 nitrogen and oxygen atoms in total. The summed E-state index contributed by atoms with van der Waals surface area (Å²) in [7, 11) is 0. The fraction of sp³-hybridized carbons (Fsp3) is 0.100. The second-order valence-corrected chi connectivity index (χ2v) is 5.03. The van der Waals surface area contributed by atoms with Gasteiger partial charge in [-0.05, 0) is 41.0 Å². The smallest absolute Gasteiger partial charge is 0.224 e. The number of aromatic nitrogens is 3. The minimum Gasteiger partial charge on any atom is -0.368 e. The van der Waals surface area contributed by atoms with Gasteiger partial charge in [0.05, 0.1) is 0 Å². The van der Waals surface area contributed by atoms with E-state index >= 15 is 0 Å². The molecule has 6 heteroatoms. The van der Waals surface area contributed by atoms with Crippen LogP contribution in [0, 0.1) is 3.57 Å². The molecule has 16 heavy (non-hydrogen) atoms. The van der Waals surface area contributed by atoms with Gasteiger partial charge in [0.25, 0.3) is 0 Å². The van der Waals surface area contributed by atoms with Crippen molar-refractivity contribution in [2.24, 2.45) is 0 Å². The Balaban J connectivity index is 2.47. The van der Waals surface area contributed by atoms with Crippen molar-refractivity contribution in [3.63, 3.8) is 0 Å². The van der Waals surface area contributed by atoms with Crippen LogP contribution in [0.4, 0.5) is 5.95 Å². The van der Waals surface area contributed by atoms with Crippen LogP contribution < -0.4 is 5.73 Å². The summed E-state index contributed by atoms with van der Waals surface area (Å²) in [5, 5.41) is 0.640. The summed E-state index contributed by atoms with van der Waals surface area (Å²) in [6.45, 7) is 0. The highest BCUT2D eigenvalue weighted by atomic mass is 127. The molecule has 0 aliphatic carbocycles. The summed E-state index contributed by atoms with van der Waals surface area (Å²) in [5.41, 5.74) is 6.57. The second-order valence-electron chi connectivity index (χ2n) is 3.01. The van der Waals surface area contributed by atoms with E-state index in [1.807, 2.05) is 30.5 Å². The van der Waals surface area contributed by atoms with Gasteiger partial charge in [0, 0.05) is 9.13 Å². The Morgan fingerprint density at radius 1 is 1.12 bits per heavy atom. The van der Waals surface area contributed by atoms with Crippen LogP contribution in [0.15, 0.2) is 29.4 Å². The minimum atomic E-state index is 0.257. The molecule has 0 unspecified atom stereocenters. The van der Waals surface area contributed by atoms with Gasteiger partial charge in [-0.2, -0.15) is 9.97 Å². The Bertz CT molecular complexity index is 501. The first-order valence-electron chi connectivity index (χ1n) is 4.50. The lowest BCUT2D eigenvalue weighted by molar-refractivity contribution is 0.927. The van der Waals surface area contributed by atoms with Crippen molar-refractivity contribution in [2.75, 3.05) is 12.0 Å². The predicted molar refractivity (Wildman–Crippen MR) is 74.2 cm³/mol. The highest BCUT2D eigenvalue weighted by molar-refractivity contribution is 14.1. The van der Waals surface area contributed by atoms with Crippen molar-refractivity contribution in [3.05, 3.63) is 27.8 Å². The van der Waals surface area contributed by atoms with Gasteiger partial charge >= 0.3 is 0 Å². The summed E-state index contributed by atoms with van der Waals surface area (Å²) >= 11 is 3.71. The number of nitrogens with two attached hydrogens (primary N) is 1. The van der Waals surface area contributed by atoms with Gasteiger partial charge in [-0.15, -0.1) is 0 Å². The molecule has 0 atom stereocenters. The topological polar surface area (TPSA) is 64.7 Å². The maximum absolute atomic E-state index is 5.63. The average Bonchev–Trinajstić information content (AvgIpc) is 2.29. The van der Waals surface area contributed by atoms with E-state index in [1.54, 1.807) is 0 Å². The van der Waals surface area contributed by atoms with Crippen LogP contribution >= 0.6 is 34.4 Å². The zero-order valence-electron chi connectivity index (χ0n) is 8.51. The first-order chi connectivity index (χ1) is 7.69. The molecule has 82 valence electrons. The zero-order chi connectivity index (χ0) is 11.5. The van der Waals surface area contributed by atoms with Gasteiger partial charge < -0.3 is 5.73 Å². The number of hydrogen-bond acceptors (Lipinski definition) is 5. The number of hydrogen-bond donors (Lipinski definition) is 1. The number of nitrogens with zero attached hydrogens (tertiary/aromatic N) is 3. The van der Waals surface area contributed by atoms with Crippen molar-refractivity contribution >= 4 is 40.3 Å². The van der Waals surface area contributed by atoms with Crippen molar-refractivity contribution < 1.29 is 0 Å². The summed E-state index contributed by atoms with van der Waals surface area (Å²) < 4.78 is 1.17. The van der Waals surface area contributed by atoms with Crippen molar-refractivity contribution in [1.82, 2.24) is 15.0 Å². The van der Waals surface area contributed by atoms with E-state index in [4.69, 9.17) is 5.73 Å². The van der Waals surface area contributed by atoms with Crippen LogP contribution in [0.3, 0.4) is 0 Å². The number of thioether (sulfide) groups is 1. The van der Waals surface area contributed by atoms with Crippen LogP contribution in [-0.2, 0) is 0 Å². The Morgan fingerprint density at radius 3 is 2.44 bits per heavy atom. The lowest BCUT2D eigenvalue weighted by atomic mass is 10.2. The van der Waals surface area contributed by atoms with Crippen LogP contribution in [0.5, 0.6) is 0 Å². The zero-order valence-corrected chi connectivity index (χ0v) is 11.5. The fourth-order valence-corrected chi connectivity index (χ4v) is 1.91. The summed E-state index contributed by atoms with van der Waals surface area (Å²) in [5.74, 6) is 0.876. The predicted octanol–water partition coefficient (Wildman–Crippen LogP) is 2.45. The summed E-state index contributed by atoms with van der Waals surface area (Å²) in [4.78, 5) is 12.4. The molecule has 1 aromatic carbocycles. The third kappa shape index (κ3) is 2.62. The van der Waals surface area contributed by atoms with E-state index in [9.17, 15) is 0 Å². The normalized spacial score (nSPS) is 10.4. The van der Waals surface area contributed by atoms with E-state index in [0.717, 1.165) is 5.56 Å². The molecule has 1 heterocycles. The molecular formula is C10H9IN4S. The highest BCUT2D eigenvalue weighted by Gasteiger charge is 2.05. The Hall–Kier alpha value is -0.890. The molecule has 2 rings (SSSR count). The van der Waals surface area contributed by atoms with E-state index in [1.165, 1.54) is 15.3 Å². The maximum atomic E-state index is 5.63. The van der Waals surface area contributed by atoms with Crippen molar-refractivity contribution in [2.45, 2.75) is 5.16 Å². The van der Waals surface area contributed by atoms with Crippen LogP contribution in [0.1, 0.15) is 0 Å². The van der Waals surface area contributed by atoms with E-state index < -0.39 is 0 Å². The first-order valence-corrected chi connectivity index (χ1v) is 6.81. The summed E-state index contributed by atoms with van der Waals surface area (Å²) in [6.07, 6.45) is 1.91. The monoisotopic (exact) mass is 344 g/mol. The molecule has 0 amide bonds. The highest BCUT2D eigenvalue weighted by Crippen LogP contribution is 2.19. The third-order valence-corrected chi connectivity index (χ3v) is 3.18. The molecule has 0 saturated carbocycles. The molecule has 2 aromatic rings. The van der Waals surface area contributed by atoms with Gasteiger partial charge in [0.2, 0.25) is 5.95 Å². The Kier molecular flexibility index (Phi) is 3.59. The van der Waals surface area contributed by atoms with Gasteiger partial charge in [-0.25, -0.2) is 4.98 Å². The SMILES string of the molecule is CSc1nc(N)nc(-c2ccc(I)cc2)n1. The fourth-order valence-electron chi connectivity index (χ4n) is 1.19. The third-order valence-electron chi connectivity index (χ3n) is 1.92. The number of nitrogen functional groups attached to an aromatic ring is 1. The average molecular weight is 344 g/mol. The lowest BCUT2D eigenvalue weighted by Crippen LogP contribution is -2.01. The molecular weight excluding hydrogens is 335 g/mol. The molecule has 1 aromatic heterocycles. The molecule has 0 saturated heterocycles. The number of halogens is 1. The van der Waals surface area contributed by atoms with Gasteiger partial charge in [-0.1, -0.05) is 23.9 Å². The standard InChI is InChI=1S/C10H9IN4S/c1-16-10-14-8(13-9(12)15-10)6-2-4-7(11)5-3-6/h2-5H,1H3,(H2,12,13,14,15). The Labute approximate surface area is 111 Å². The van der Waals surface area contributed by atoms with E-state index in [0.29, 0.717) is 11.0 Å². The largest absolute Gasteiger partial charge is 0.368 e. The molecule has 0 spiro atoms. The molecule has 2 N–H and O–H groups in total. The first kappa shape index (κ1) is 11.6. The number of rotatable bonds is 2. The van der Waals surface area contributed by atoms with Crippen molar-refractivity contribution in [3.8, 4) is 11.4 Å². The Morgan fingerprint density at radius 2 is 1.81 bits per heavy atom. The molecule has 0 aliphatic rings. The number of anilines is 1. The number of benzene rings is 1. The molecule has 0 radical (unpaired) electrons. The summed E-state index contributed by atoms with van der Waals surface area (Å²) in [6, 6.07) is 7.96. The van der Waals surface area contributed by atoms with E-state index in [2.05, 4.69) is 37.5 Å². The van der Waals surface area contributed by atoms with Gasteiger partial charge in [0.15, 0.2) is 11.0 Å². The second kappa shape index (κ2) is 4.96. The molecule has 0 fully saturated rings. The van der Waals surface area contributed by atoms with E-state index in [-0.39, 0.29) is 5.95 Å². The van der Waals surface area contributed by atoms with Crippen LogP contribution in [0.25, 0.3) is 11.4 Å². The molecule has 0 bridgehead atoms. The van der Waals surface area contributed by atoms with Gasteiger partial charge in [0.1, 0.15) is 0 Å².